The average molecular weight is 175 g/mol. The molecule has 0 rings (SSSR count). The van der Waals surface area contributed by atoms with E-state index < -0.39 is 0 Å². The summed E-state index contributed by atoms with van der Waals surface area (Å²) in [6.45, 7) is 4.10. The lowest BCUT2D eigenvalue weighted by Gasteiger charge is -2.21. The maximum atomic E-state index is 11.2. The number of amides is 1. The van der Waals surface area contributed by atoms with E-state index in [2.05, 4.69) is 0 Å². The minimum absolute atomic E-state index is 0.0430. The molecule has 12 heavy (non-hydrogen) atoms. The van der Waals surface area contributed by atoms with Crippen LogP contribution in [0.5, 0.6) is 0 Å². The lowest BCUT2D eigenvalue weighted by molar-refractivity contribution is -0.136. The number of aliphatic hydroxyl groups excluding tert-OH is 1. The molecule has 0 aromatic carbocycles. The van der Waals surface area contributed by atoms with Crippen molar-refractivity contribution in [2.45, 2.75) is 19.9 Å². The quantitative estimate of drug-likeness (QED) is 0.592. The first-order valence-electron chi connectivity index (χ1n) is 4.03. The van der Waals surface area contributed by atoms with E-state index >= 15 is 0 Å². The SMILES string of the molecule is CC(C)N(C)C(=O)COCCO. The van der Waals surface area contributed by atoms with E-state index in [1.807, 2.05) is 13.8 Å². The summed E-state index contributed by atoms with van der Waals surface area (Å²) in [4.78, 5) is 12.8. The van der Waals surface area contributed by atoms with Crippen LogP contribution in [0.15, 0.2) is 0 Å². The summed E-state index contributed by atoms with van der Waals surface area (Å²) in [6.07, 6.45) is 0. The van der Waals surface area contributed by atoms with E-state index in [0.717, 1.165) is 0 Å². The number of carbonyl (C=O) groups is 1. The molecule has 0 spiro atoms. The van der Waals surface area contributed by atoms with Crippen molar-refractivity contribution in [1.82, 2.24) is 4.90 Å². The first-order valence-corrected chi connectivity index (χ1v) is 4.03. The van der Waals surface area contributed by atoms with Crippen molar-refractivity contribution in [3.05, 3.63) is 0 Å². The third kappa shape index (κ3) is 4.31. The number of aliphatic hydroxyl groups is 1. The van der Waals surface area contributed by atoms with Crippen molar-refractivity contribution >= 4 is 5.91 Å². The summed E-state index contributed by atoms with van der Waals surface area (Å²) >= 11 is 0. The van der Waals surface area contributed by atoms with Crippen LogP contribution in [0.3, 0.4) is 0 Å². The average Bonchev–Trinajstić information content (AvgIpc) is 2.03. The van der Waals surface area contributed by atoms with Crippen molar-refractivity contribution in [1.29, 1.82) is 0 Å². The second-order valence-corrected chi connectivity index (χ2v) is 2.87. The van der Waals surface area contributed by atoms with E-state index in [9.17, 15) is 4.79 Å². The molecule has 0 saturated carbocycles. The molecule has 0 radical (unpaired) electrons. The van der Waals surface area contributed by atoms with Crippen molar-refractivity contribution in [2.24, 2.45) is 0 Å². The molecule has 0 aliphatic heterocycles. The van der Waals surface area contributed by atoms with Crippen LogP contribution in [-0.2, 0) is 9.53 Å². The molecule has 0 aliphatic carbocycles. The van der Waals surface area contributed by atoms with Crippen molar-refractivity contribution < 1.29 is 14.6 Å². The number of hydrogen-bond donors (Lipinski definition) is 1. The highest BCUT2D eigenvalue weighted by Gasteiger charge is 2.10. The molecule has 0 aromatic rings. The van der Waals surface area contributed by atoms with Gasteiger partial charge in [-0.05, 0) is 13.8 Å². The zero-order valence-corrected chi connectivity index (χ0v) is 7.91. The van der Waals surface area contributed by atoms with Gasteiger partial charge in [0.1, 0.15) is 6.61 Å². The molecule has 0 aliphatic rings. The first-order chi connectivity index (χ1) is 5.59. The largest absolute Gasteiger partial charge is 0.394 e. The molecule has 0 saturated heterocycles. The van der Waals surface area contributed by atoms with Crippen LogP contribution in [0, 0.1) is 0 Å². The highest BCUT2D eigenvalue weighted by Crippen LogP contribution is 1.94. The van der Waals surface area contributed by atoms with Gasteiger partial charge in [0.15, 0.2) is 0 Å². The normalized spacial score (nSPS) is 10.4. The van der Waals surface area contributed by atoms with Gasteiger partial charge in [-0.25, -0.2) is 0 Å². The molecule has 0 fully saturated rings. The predicted molar refractivity (Wildman–Crippen MR) is 45.8 cm³/mol. The maximum absolute atomic E-state index is 11.2. The van der Waals surface area contributed by atoms with E-state index in [1.54, 1.807) is 11.9 Å². The lowest BCUT2D eigenvalue weighted by Crippen LogP contribution is -2.35. The summed E-state index contributed by atoms with van der Waals surface area (Å²) in [5, 5.41) is 8.38. The van der Waals surface area contributed by atoms with Crippen molar-refractivity contribution in [3.8, 4) is 0 Å². The monoisotopic (exact) mass is 175 g/mol. The van der Waals surface area contributed by atoms with Gasteiger partial charge in [-0.3, -0.25) is 4.79 Å². The molecule has 4 heteroatoms. The number of carbonyl (C=O) groups excluding carboxylic acids is 1. The molecular weight excluding hydrogens is 158 g/mol. The van der Waals surface area contributed by atoms with E-state index in [0.29, 0.717) is 0 Å². The Balaban J connectivity index is 3.57. The molecule has 0 heterocycles. The van der Waals surface area contributed by atoms with Gasteiger partial charge in [-0.2, -0.15) is 0 Å². The third-order valence-corrected chi connectivity index (χ3v) is 1.63. The lowest BCUT2D eigenvalue weighted by atomic mass is 10.3. The minimum atomic E-state index is -0.0570. The van der Waals surface area contributed by atoms with Gasteiger partial charge in [0, 0.05) is 13.1 Å². The van der Waals surface area contributed by atoms with Gasteiger partial charge in [0.2, 0.25) is 5.91 Å². The van der Waals surface area contributed by atoms with Gasteiger partial charge >= 0.3 is 0 Å². The molecule has 4 nitrogen and oxygen atoms in total. The second kappa shape index (κ2) is 5.97. The summed E-state index contributed by atoms with van der Waals surface area (Å²) < 4.78 is 4.87. The standard InChI is InChI=1S/C8H17NO3/c1-7(2)9(3)8(11)6-12-5-4-10/h7,10H,4-6H2,1-3H3. The molecule has 0 atom stereocenters. The van der Waals surface area contributed by atoms with E-state index in [4.69, 9.17) is 9.84 Å². The Morgan fingerprint density at radius 2 is 2.17 bits per heavy atom. The molecular formula is C8H17NO3. The Hall–Kier alpha value is -0.610. The Bertz CT molecular complexity index is 136. The van der Waals surface area contributed by atoms with Crippen molar-refractivity contribution in [3.63, 3.8) is 0 Å². The number of rotatable bonds is 5. The van der Waals surface area contributed by atoms with E-state index in [1.165, 1.54) is 0 Å². The number of nitrogens with zero attached hydrogens (tertiary/aromatic N) is 1. The summed E-state index contributed by atoms with van der Waals surface area (Å²) in [6, 6.07) is 0.190. The summed E-state index contributed by atoms with van der Waals surface area (Å²) in [5.41, 5.74) is 0. The predicted octanol–water partition coefficient (Wildman–Crippen LogP) is -0.138. The van der Waals surface area contributed by atoms with Crippen LogP contribution < -0.4 is 0 Å². The second-order valence-electron chi connectivity index (χ2n) is 2.87. The Morgan fingerprint density at radius 1 is 1.58 bits per heavy atom. The number of ether oxygens (including phenoxy) is 1. The smallest absolute Gasteiger partial charge is 0.248 e. The molecule has 72 valence electrons. The topological polar surface area (TPSA) is 49.8 Å². The zero-order valence-electron chi connectivity index (χ0n) is 7.91. The van der Waals surface area contributed by atoms with Gasteiger partial charge in [0.25, 0.3) is 0 Å². The van der Waals surface area contributed by atoms with Gasteiger partial charge in [-0.15, -0.1) is 0 Å². The number of hydrogen-bond acceptors (Lipinski definition) is 3. The minimum Gasteiger partial charge on any atom is -0.394 e. The van der Waals surface area contributed by atoms with Crippen LogP contribution >= 0.6 is 0 Å². The first kappa shape index (κ1) is 11.4. The molecule has 1 amide bonds. The highest BCUT2D eigenvalue weighted by atomic mass is 16.5. The molecule has 1 N–H and O–H groups in total. The fourth-order valence-electron chi connectivity index (χ4n) is 0.614. The third-order valence-electron chi connectivity index (χ3n) is 1.63. The zero-order chi connectivity index (χ0) is 9.56. The van der Waals surface area contributed by atoms with Gasteiger partial charge < -0.3 is 14.7 Å². The summed E-state index contributed by atoms with van der Waals surface area (Å²) in [5.74, 6) is -0.0570. The van der Waals surface area contributed by atoms with Crippen molar-refractivity contribution in [2.75, 3.05) is 26.9 Å². The van der Waals surface area contributed by atoms with Crippen LogP contribution in [0.25, 0.3) is 0 Å². The Kier molecular flexibility index (Phi) is 5.66. The molecule has 0 bridgehead atoms. The van der Waals surface area contributed by atoms with Gasteiger partial charge in [-0.1, -0.05) is 0 Å². The fourth-order valence-corrected chi connectivity index (χ4v) is 0.614. The Labute approximate surface area is 73.1 Å². The Morgan fingerprint density at radius 3 is 2.58 bits per heavy atom. The molecule has 0 unspecified atom stereocenters. The maximum Gasteiger partial charge on any atom is 0.248 e. The summed E-state index contributed by atoms with van der Waals surface area (Å²) in [7, 11) is 1.73. The van der Waals surface area contributed by atoms with Gasteiger partial charge in [0.05, 0.1) is 13.2 Å². The van der Waals surface area contributed by atoms with Crippen LogP contribution in [0.2, 0.25) is 0 Å². The van der Waals surface area contributed by atoms with E-state index in [-0.39, 0.29) is 31.8 Å². The van der Waals surface area contributed by atoms with Crippen LogP contribution in [0.1, 0.15) is 13.8 Å². The van der Waals surface area contributed by atoms with Crippen LogP contribution in [-0.4, -0.2) is 48.8 Å². The molecule has 0 aromatic heterocycles. The number of likely N-dealkylation sites (N-methyl/N-ethyl adjacent to an activating group) is 1. The fraction of sp³-hybridized carbons (Fsp3) is 0.875. The highest BCUT2D eigenvalue weighted by molar-refractivity contribution is 5.77. The van der Waals surface area contributed by atoms with Crippen LogP contribution in [0.4, 0.5) is 0 Å².